The van der Waals surface area contributed by atoms with E-state index in [0.29, 0.717) is 75.2 Å². The monoisotopic (exact) mass is 2010 g/mol. The van der Waals surface area contributed by atoms with Gasteiger partial charge in [-0.3, -0.25) is 44.6 Å². The first-order chi connectivity index (χ1) is 60.1. The number of aliphatic hydroxyl groups excluding tert-OH is 2. The topological polar surface area (TPSA) is 585 Å². The first-order valence-corrected chi connectivity index (χ1v) is 45.2. The molecule has 6 atom stereocenters. The predicted octanol–water partition coefficient (Wildman–Crippen LogP) is 11.9. The molecule has 0 amide bonds. The largest absolute Gasteiger partial charge is 0.504 e. The van der Waals surface area contributed by atoms with Crippen LogP contribution in [-0.2, 0) is 61.4 Å². The standard InChI is InChI=1S/C14H20N2O3.C12H14ClNO6.C10H10ClNO5.C10H13NO3.C9H8ClNO5.C7H14O5S.C6H4ClNO4.C4H9Cl2N.C2H8O4S.C2H6O.2CH4/c1-17-9-11-10-18-13-4-2-3-12(14(13)19-11)16-7-5-15-6-8-16;1-12(2)19-6-8(20-12)5-18-10-4-7(13)3-9(11(10)15)14(16)17;1-15-4-7-5-16-9-3-6(11)2-8(12(13)14)10(9)17-7;1-12-5-7-6-13-9-4-2-3-8(11)10(9)14-7;10-5-1-7(11(13)14)9-8(2-5)15-4-6(3-12)16-9;1-7(2)10-4-6(12-7)5-11-13(3,8)9;7-3-1-4(8(11)12)6(10)5(9)2-3;5-1-3-7-4-2-6;1-7(2,4,5)6-3;1-2-3;;/h2-4,11,15H,5-10H2,1H3;3-4,8,15H,5-6H2,1-2H3;2-3,7H,4-5H2,1H3;2-4,7H,5-6,11H2,1H3;1-2,6,12H,3-4H2;6H,4-5H2,1-3H3;1-2,9-10H;7H,1-4H2;3H,1-2H3,(H,4,5);3H,2H2,1H3;2*1H4/t11-;8-;2*7-;2*6-;;;;;;/m101111....../s1. The minimum atomic E-state index is -4.06. The molecular weight excluding hydrogens is 1900 g/mol. The maximum absolute atomic E-state index is 10.9. The van der Waals surface area contributed by atoms with Gasteiger partial charge in [-0.25, -0.2) is 9.47 Å². The molecule has 44 nitrogen and oxygen atoms in total. The highest BCUT2D eigenvalue weighted by atomic mass is 35.5. The van der Waals surface area contributed by atoms with E-state index in [9.17, 15) is 58.2 Å². The Kier molecular flexibility index (Phi) is 51.5. The van der Waals surface area contributed by atoms with Crippen LogP contribution in [0.3, 0.4) is 0 Å². The molecule has 0 aliphatic carbocycles. The Morgan fingerprint density at radius 1 is 0.562 bits per heavy atom. The highest BCUT2D eigenvalue weighted by molar-refractivity contribution is 8.09. The van der Waals surface area contributed by atoms with Crippen LogP contribution in [0.1, 0.15) is 49.5 Å². The highest BCUT2D eigenvalue weighted by Crippen LogP contribution is 2.46. The van der Waals surface area contributed by atoms with Gasteiger partial charge in [-0.1, -0.05) is 73.4 Å². The third-order valence-electron chi connectivity index (χ3n) is 16.1. The lowest BCUT2D eigenvalue weighted by Gasteiger charge is -2.34. The number of ether oxygens (including phenoxy) is 16. The lowest BCUT2D eigenvalue weighted by molar-refractivity contribution is -0.386. The van der Waals surface area contributed by atoms with Gasteiger partial charge in [0.2, 0.25) is 23.0 Å². The summed E-state index contributed by atoms with van der Waals surface area (Å²) < 4.78 is 134. The number of nitrogen functional groups attached to an aromatic ring is 1. The summed E-state index contributed by atoms with van der Waals surface area (Å²) in [5.41, 5.74) is 5.90. The van der Waals surface area contributed by atoms with E-state index in [-0.39, 0.29) is 145 Å². The van der Waals surface area contributed by atoms with E-state index in [4.69, 9.17) is 181 Å². The molecule has 0 spiro atoms. The number of para-hydroxylation sites is 2. The van der Waals surface area contributed by atoms with Crippen molar-refractivity contribution in [2.45, 2.75) is 97.7 Å². The van der Waals surface area contributed by atoms with Crippen LogP contribution in [-0.4, -0.2) is 293 Å². The Morgan fingerprint density at radius 2 is 0.938 bits per heavy atom. The quantitative estimate of drug-likeness (QED) is 0.00416. The van der Waals surface area contributed by atoms with Crippen LogP contribution in [0.25, 0.3) is 0 Å². The van der Waals surface area contributed by atoms with Gasteiger partial charge < -0.3 is 127 Å². The molecule has 7 aliphatic heterocycles. The molecule has 130 heavy (non-hydrogen) atoms. The van der Waals surface area contributed by atoms with Crippen molar-refractivity contribution in [2.75, 3.05) is 188 Å². The van der Waals surface area contributed by atoms with Crippen LogP contribution in [0.4, 0.5) is 34.1 Å². The van der Waals surface area contributed by atoms with Gasteiger partial charge in [0.15, 0.2) is 82.0 Å². The minimum Gasteiger partial charge on any atom is -0.504 e. The molecule has 3 fully saturated rings. The second-order valence-corrected chi connectivity index (χ2v) is 35.9. The molecule has 13 rings (SSSR count). The molecule has 0 aromatic heterocycles. The number of nitrogens with zero attached hydrogens (tertiary/aromatic N) is 5. The fourth-order valence-electron chi connectivity index (χ4n) is 10.8. The number of halogens is 6. The summed E-state index contributed by atoms with van der Waals surface area (Å²) in [6.45, 7) is 18.1. The van der Waals surface area contributed by atoms with Crippen molar-refractivity contribution in [3.05, 3.63) is 145 Å². The number of aliphatic hydroxyl groups is 2. The molecule has 0 unspecified atom stereocenters. The number of piperazine rings is 1. The molecule has 7 heterocycles. The fraction of sp³-hybridized carbons (Fsp3) is 0.538. The summed E-state index contributed by atoms with van der Waals surface area (Å²) in [6.07, 6.45) is 1.15. The van der Waals surface area contributed by atoms with Gasteiger partial charge in [0.25, 0.3) is 10.1 Å². The number of methoxy groups -OCH3 is 3. The molecule has 0 saturated carbocycles. The average molecular weight is 2020 g/mol. The van der Waals surface area contributed by atoms with Gasteiger partial charge in [0.1, 0.15) is 54.9 Å². The zero-order valence-electron chi connectivity index (χ0n) is 71.3. The summed E-state index contributed by atoms with van der Waals surface area (Å²) in [4.78, 5) is 42.2. The van der Waals surface area contributed by atoms with Crippen LogP contribution in [0.15, 0.2) is 84.9 Å². The van der Waals surface area contributed by atoms with Crippen LogP contribution < -0.4 is 63.9 Å². The molecule has 7 aliphatic rings. The number of hydrogen-bond donors (Lipinski definition) is 10. The number of hydrogen-bond acceptors (Lipinski definition) is 39. The van der Waals surface area contributed by atoms with Gasteiger partial charge in [0, 0.05) is 140 Å². The van der Waals surface area contributed by atoms with E-state index in [0.717, 1.165) is 93.4 Å². The highest BCUT2D eigenvalue weighted by Gasteiger charge is 2.37. The van der Waals surface area contributed by atoms with E-state index < -0.39 is 85.7 Å². The number of anilines is 2. The molecular formula is C78H114Cl6N8O36S2. The second kappa shape index (κ2) is 57.1. The van der Waals surface area contributed by atoms with Crippen LogP contribution in [0.2, 0.25) is 20.1 Å². The van der Waals surface area contributed by atoms with E-state index in [2.05, 4.69) is 30.1 Å². The number of nitro groups is 4. The maximum atomic E-state index is 10.9. The number of alkyl halides is 2. The average Bonchev–Trinajstić information content (AvgIpc) is 1.09. The molecule has 11 N–H and O–H groups in total. The Balaban J connectivity index is 0.000000500. The molecule has 0 bridgehead atoms. The van der Waals surface area contributed by atoms with Gasteiger partial charge in [-0.2, -0.15) is 8.42 Å². The smallest absolute Gasteiger partial charge is 0.316 e. The first kappa shape index (κ1) is 117. The molecule has 736 valence electrons. The van der Waals surface area contributed by atoms with Crippen molar-refractivity contribution in [3.63, 3.8) is 0 Å². The van der Waals surface area contributed by atoms with Crippen molar-refractivity contribution >= 4 is 123 Å². The van der Waals surface area contributed by atoms with E-state index >= 15 is 0 Å². The zero-order chi connectivity index (χ0) is 95.9. The number of phenols is 3. The Hall–Kier alpha value is -8.64. The van der Waals surface area contributed by atoms with Gasteiger partial charge in [-0.15, -0.1) is 27.5 Å². The Labute approximate surface area is 781 Å². The van der Waals surface area contributed by atoms with Crippen molar-refractivity contribution in [1.29, 1.82) is 0 Å². The van der Waals surface area contributed by atoms with E-state index in [1.165, 1.54) is 37.4 Å². The van der Waals surface area contributed by atoms with Crippen LogP contribution in [0.5, 0.6) is 69.0 Å². The van der Waals surface area contributed by atoms with Gasteiger partial charge >= 0.3 is 22.7 Å². The van der Waals surface area contributed by atoms with E-state index in [1.807, 2.05) is 24.3 Å². The predicted molar refractivity (Wildman–Crippen MR) is 485 cm³/mol. The van der Waals surface area contributed by atoms with Crippen molar-refractivity contribution in [3.8, 4) is 69.0 Å². The lowest BCUT2D eigenvalue weighted by Crippen LogP contribution is -2.44. The van der Waals surface area contributed by atoms with Crippen LogP contribution >= 0.6 is 69.6 Å². The molecule has 6 aromatic rings. The number of fused-ring (bicyclic) bond motifs is 4. The minimum absolute atomic E-state index is 0. The summed E-state index contributed by atoms with van der Waals surface area (Å²) in [7, 11) is -2.61. The van der Waals surface area contributed by atoms with Crippen molar-refractivity contribution in [2.24, 2.45) is 0 Å². The van der Waals surface area contributed by atoms with Crippen LogP contribution in [0, 0.1) is 40.5 Å². The van der Waals surface area contributed by atoms with Crippen molar-refractivity contribution in [1.82, 2.24) is 10.6 Å². The third kappa shape index (κ3) is 42.1. The fourth-order valence-corrected chi connectivity index (χ4v) is 12.3. The summed E-state index contributed by atoms with van der Waals surface area (Å²) in [5, 5.41) is 101. The van der Waals surface area contributed by atoms with Crippen molar-refractivity contribution < 1.29 is 152 Å². The normalized spacial score (nSPS) is 18.4. The lowest BCUT2D eigenvalue weighted by atomic mass is 10.2. The zero-order valence-corrected chi connectivity index (χ0v) is 77.4. The Morgan fingerprint density at radius 3 is 1.35 bits per heavy atom. The first-order valence-electron chi connectivity index (χ1n) is 38.1. The number of nitrogens with one attached hydrogen (secondary N) is 2. The molecule has 52 heteroatoms. The third-order valence-corrected chi connectivity index (χ3v) is 18.4. The summed E-state index contributed by atoms with van der Waals surface area (Å²) in [6, 6.07) is 21.3. The number of nitrogens with two attached hydrogens (primary N) is 1. The summed E-state index contributed by atoms with van der Waals surface area (Å²) >= 11 is 33.3. The van der Waals surface area contributed by atoms with Gasteiger partial charge in [0.05, 0.1) is 104 Å². The Bertz CT molecular complexity index is 4710. The summed E-state index contributed by atoms with van der Waals surface area (Å²) in [5.74, 6) is 1.68. The number of phenolic OH excluding ortho intramolecular Hbond substituents is 3. The number of rotatable bonds is 23. The van der Waals surface area contributed by atoms with E-state index in [1.54, 1.807) is 54.9 Å². The number of aromatic hydroxyl groups is 3. The SMILES string of the molecule is C.C.CC1(C)OC[C@H](COS(C)(=O)=O)O1.CC1(C)OC[C@H](COc2cc(Cl)cc([N+](=O)[O-])c2O)O1.CCO.COC[C@@H]1COc2cc(Cl)cc([N+](=O)[O-])c2O1.COC[C@@H]1COc2cccc(N)c2O1.COC[C@@H]1COc2cccc(N3CCNCC3)c2O1.CS(C)(=O)(O)OO.ClCCNCCCl.O=[N+]([O-])c1cc(Cl)cc(O)c1O.O=[N+]([O-])c1cc(Cl)cc2c1O[C@H](CO)CO2. The molecule has 3 saturated heterocycles. The maximum Gasteiger partial charge on any atom is 0.316 e. The number of nitro benzene ring substituents is 4. The molecule has 6 aromatic carbocycles. The molecule has 0 radical (unpaired) electrons. The number of benzene rings is 6. The van der Waals surface area contributed by atoms with Gasteiger partial charge in [-0.05, 0) is 58.9 Å². The second-order valence-electron chi connectivity index (χ2n) is 28.2.